The summed E-state index contributed by atoms with van der Waals surface area (Å²) in [5.74, 6) is 1.38. The highest BCUT2D eigenvalue weighted by atomic mass is 32.1. The highest BCUT2D eigenvalue weighted by Crippen LogP contribution is 2.32. The molecule has 0 radical (unpaired) electrons. The van der Waals surface area contributed by atoms with Gasteiger partial charge in [0.25, 0.3) is 0 Å². The first-order valence-corrected chi connectivity index (χ1v) is 5.99. The van der Waals surface area contributed by atoms with Gasteiger partial charge in [-0.25, -0.2) is 0 Å². The van der Waals surface area contributed by atoms with Gasteiger partial charge in [0, 0.05) is 19.4 Å². The van der Waals surface area contributed by atoms with E-state index in [9.17, 15) is 4.79 Å². The third-order valence-corrected chi connectivity index (χ3v) is 2.73. The topological polar surface area (TPSA) is 73.6 Å². The number of rotatable bonds is 5. The predicted molar refractivity (Wildman–Crippen MR) is 70.4 cm³/mol. The third-order valence-electron chi connectivity index (χ3n) is 2.53. The minimum atomic E-state index is -0.0690. The van der Waals surface area contributed by atoms with Crippen molar-refractivity contribution in [2.45, 2.75) is 19.4 Å². The Morgan fingerprint density at radius 1 is 1.33 bits per heavy atom. The van der Waals surface area contributed by atoms with Gasteiger partial charge >= 0.3 is 0 Å². The molecule has 96 valence electrons. The standard InChI is InChI=1S/C12H14N2O3S/c13-11(18)3-4-12(15)14-6-8-1-2-9-10(5-8)17-7-16-9/h1-2,5H,3-4,6-7H2,(H2,13,18)(H,14,15). The number of amides is 1. The van der Waals surface area contributed by atoms with E-state index in [-0.39, 0.29) is 12.7 Å². The molecule has 1 aromatic rings. The fourth-order valence-electron chi connectivity index (χ4n) is 1.58. The molecular formula is C12H14N2O3S. The van der Waals surface area contributed by atoms with Crippen LogP contribution in [-0.2, 0) is 11.3 Å². The maximum absolute atomic E-state index is 11.5. The Kier molecular flexibility index (Phi) is 3.99. The molecule has 0 bridgehead atoms. The number of nitrogens with two attached hydrogens (primary N) is 1. The van der Waals surface area contributed by atoms with Crippen molar-refractivity contribution in [2.75, 3.05) is 6.79 Å². The molecule has 18 heavy (non-hydrogen) atoms. The summed E-state index contributed by atoms with van der Waals surface area (Å²) in [6.45, 7) is 0.700. The quantitative estimate of drug-likeness (QED) is 0.781. The normalized spacial score (nSPS) is 12.2. The predicted octanol–water partition coefficient (Wildman–Crippen LogP) is 1.10. The summed E-state index contributed by atoms with van der Waals surface area (Å²) in [6.07, 6.45) is 0.752. The van der Waals surface area contributed by atoms with Crippen molar-refractivity contribution >= 4 is 23.1 Å². The zero-order valence-corrected chi connectivity index (χ0v) is 10.6. The van der Waals surface area contributed by atoms with E-state index in [4.69, 9.17) is 27.4 Å². The molecule has 6 heteroatoms. The van der Waals surface area contributed by atoms with E-state index in [2.05, 4.69) is 5.32 Å². The molecule has 3 N–H and O–H groups in total. The van der Waals surface area contributed by atoms with Gasteiger partial charge in [-0.2, -0.15) is 0 Å². The number of carbonyl (C=O) groups is 1. The molecule has 1 heterocycles. The molecule has 1 aromatic carbocycles. The number of carbonyl (C=O) groups excluding carboxylic acids is 1. The molecule has 0 unspecified atom stereocenters. The number of fused-ring (bicyclic) bond motifs is 1. The maximum atomic E-state index is 11.5. The average Bonchev–Trinajstić information content (AvgIpc) is 2.81. The van der Waals surface area contributed by atoms with Crippen molar-refractivity contribution in [1.29, 1.82) is 0 Å². The number of hydrogen-bond acceptors (Lipinski definition) is 4. The van der Waals surface area contributed by atoms with Gasteiger partial charge in [-0.15, -0.1) is 0 Å². The highest BCUT2D eigenvalue weighted by molar-refractivity contribution is 7.80. The fourth-order valence-corrected chi connectivity index (χ4v) is 1.68. The molecule has 5 nitrogen and oxygen atoms in total. The lowest BCUT2D eigenvalue weighted by Gasteiger charge is -2.06. The second-order valence-corrected chi connectivity index (χ2v) is 4.46. The Balaban J connectivity index is 1.83. The highest BCUT2D eigenvalue weighted by Gasteiger charge is 2.13. The SMILES string of the molecule is NC(=S)CCC(=O)NCc1ccc2c(c1)OCO2. The molecule has 0 fully saturated rings. The van der Waals surface area contributed by atoms with E-state index in [1.165, 1.54) is 0 Å². The Hall–Kier alpha value is -1.82. The number of ether oxygens (including phenoxy) is 2. The molecule has 1 amide bonds. The molecular weight excluding hydrogens is 252 g/mol. The Bertz CT molecular complexity index is 476. The zero-order chi connectivity index (χ0) is 13.0. The van der Waals surface area contributed by atoms with Crippen LogP contribution in [0, 0.1) is 0 Å². The minimum absolute atomic E-state index is 0.0690. The van der Waals surface area contributed by atoms with Crippen LogP contribution in [0.2, 0.25) is 0 Å². The molecule has 0 atom stereocenters. The van der Waals surface area contributed by atoms with Crippen molar-refractivity contribution in [1.82, 2.24) is 5.32 Å². The summed E-state index contributed by atoms with van der Waals surface area (Å²) < 4.78 is 10.5. The van der Waals surface area contributed by atoms with Gasteiger partial charge in [0.2, 0.25) is 12.7 Å². The van der Waals surface area contributed by atoms with Crippen LogP contribution >= 0.6 is 12.2 Å². The van der Waals surface area contributed by atoms with Crippen molar-refractivity contribution in [2.24, 2.45) is 5.73 Å². The van der Waals surface area contributed by atoms with Crippen LogP contribution in [0.3, 0.4) is 0 Å². The second-order valence-electron chi connectivity index (χ2n) is 3.93. The van der Waals surface area contributed by atoms with E-state index >= 15 is 0 Å². The fraction of sp³-hybridized carbons (Fsp3) is 0.333. The van der Waals surface area contributed by atoms with E-state index in [1.807, 2.05) is 18.2 Å². The molecule has 0 aliphatic carbocycles. The lowest BCUT2D eigenvalue weighted by molar-refractivity contribution is -0.121. The Labute approximate surface area is 110 Å². The van der Waals surface area contributed by atoms with Gasteiger partial charge in [-0.05, 0) is 17.7 Å². The van der Waals surface area contributed by atoms with Crippen LogP contribution in [-0.4, -0.2) is 17.7 Å². The van der Waals surface area contributed by atoms with Gasteiger partial charge in [0.15, 0.2) is 11.5 Å². The van der Waals surface area contributed by atoms with Crippen LogP contribution < -0.4 is 20.5 Å². The summed E-state index contributed by atoms with van der Waals surface area (Å²) in [5.41, 5.74) is 6.29. The summed E-state index contributed by atoms with van der Waals surface area (Å²) in [7, 11) is 0. The van der Waals surface area contributed by atoms with Gasteiger partial charge in [0.05, 0.1) is 4.99 Å². The summed E-state index contributed by atoms with van der Waals surface area (Å²) >= 11 is 4.71. The number of thiocarbonyl (C=S) groups is 1. The van der Waals surface area contributed by atoms with Crippen LogP contribution in [0.25, 0.3) is 0 Å². The second kappa shape index (κ2) is 5.68. The monoisotopic (exact) mass is 266 g/mol. The van der Waals surface area contributed by atoms with E-state index in [1.54, 1.807) is 0 Å². The average molecular weight is 266 g/mol. The number of hydrogen-bond donors (Lipinski definition) is 2. The Morgan fingerprint density at radius 2 is 2.11 bits per heavy atom. The van der Waals surface area contributed by atoms with E-state index < -0.39 is 0 Å². The summed E-state index contributed by atoms with van der Waals surface area (Å²) in [4.78, 5) is 11.8. The van der Waals surface area contributed by atoms with Crippen molar-refractivity contribution in [3.05, 3.63) is 23.8 Å². The van der Waals surface area contributed by atoms with Crippen molar-refractivity contribution < 1.29 is 14.3 Å². The van der Waals surface area contributed by atoms with Crippen molar-refractivity contribution in [3.8, 4) is 11.5 Å². The van der Waals surface area contributed by atoms with E-state index in [0.717, 1.165) is 11.3 Å². The largest absolute Gasteiger partial charge is 0.454 e. The van der Waals surface area contributed by atoms with Crippen LogP contribution in [0.15, 0.2) is 18.2 Å². The molecule has 0 saturated heterocycles. The molecule has 0 spiro atoms. The summed E-state index contributed by atoms with van der Waals surface area (Å²) in [5, 5.41) is 2.80. The smallest absolute Gasteiger partial charge is 0.231 e. The summed E-state index contributed by atoms with van der Waals surface area (Å²) in [6, 6.07) is 5.58. The molecule has 1 aliphatic heterocycles. The zero-order valence-electron chi connectivity index (χ0n) is 9.77. The van der Waals surface area contributed by atoms with E-state index in [0.29, 0.717) is 30.1 Å². The van der Waals surface area contributed by atoms with Crippen LogP contribution in [0.1, 0.15) is 18.4 Å². The molecule has 0 saturated carbocycles. The van der Waals surface area contributed by atoms with Gasteiger partial charge in [-0.1, -0.05) is 18.3 Å². The molecule has 2 rings (SSSR count). The first-order chi connectivity index (χ1) is 8.65. The lowest BCUT2D eigenvalue weighted by atomic mass is 10.2. The number of benzene rings is 1. The third kappa shape index (κ3) is 3.33. The first-order valence-electron chi connectivity index (χ1n) is 5.58. The van der Waals surface area contributed by atoms with Crippen LogP contribution in [0.4, 0.5) is 0 Å². The van der Waals surface area contributed by atoms with Gasteiger partial charge < -0.3 is 20.5 Å². The number of nitrogens with one attached hydrogen (secondary N) is 1. The maximum Gasteiger partial charge on any atom is 0.231 e. The van der Waals surface area contributed by atoms with Crippen molar-refractivity contribution in [3.63, 3.8) is 0 Å². The minimum Gasteiger partial charge on any atom is -0.454 e. The van der Waals surface area contributed by atoms with Crippen LogP contribution in [0.5, 0.6) is 11.5 Å². The Morgan fingerprint density at radius 3 is 2.89 bits per heavy atom. The lowest BCUT2D eigenvalue weighted by Crippen LogP contribution is -2.24. The van der Waals surface area contributed by atoms with Gasteiger partial charge in [0.1, 0.15) is 0 Å². The molecule has 0 aromatic heterocycles. The first kappa shape index (κ1) is 12.6. The molecule has 1 aliphatic rings. The van der Waals surface area contributed by atoms with Gasteiger partial charge in [-0.3, -0.25) is 4.79 Å².